The van der Waals surface area contributed by atoms with Gasteiger partial charge >= 0.3 is 5.97 Å². The largest absolute Gasteiger partial charge is 0.465 e. The maximum Gasteiger partial charge on any atom is 0.322 e. The molecular formula is C15H21N3O2. The number of nitrogens with zero attached hydrogens (tertiary/aromatic N) is 2. The molecule has 1 heterocycles. The van der Waals surface area contributed by atoms with Crippen LogP contribution in [0.5, 0.6) is 0 Å². The predicted molar refractivity (Wildman–Crippen MR) is 78.3 cm³/mol. The molecule has 1 atom stereocenters. The first-order valence-electron chi connectivity index (χ1n) is 7.01. The number of esters is 1. The van der Waals surface area contributed by atoms with Gasteiger partial charge in [0.05, 0.1) is 17.8 Å². The average Bonchev–Trinajstić information content (AvgIpc) is 2.83. The number of aryl methyl sites for hydroxylation is 1. The van der Waals surface area contributed by atoms with Gasteiger partial charge in [0.1, 0.15) is 6.04 Å². The number of nitrogens with one attached hydrogen (secondary N) is 1. The van der Waals surface area contributed by atoms with E-state index in [0.717, 1.165) is 23.1 Å². The van der Waals surface area contributed by atoms with Gasteiger partial charge in [0.15, 0.2) is 0 Å². The van der Waals surface area contributed by atoms with Crippen molar-refractivity contribution in [2.24, 2.45) is 0 Å². The Morgan fingerprint density at radius 2 is 2.15 bits per heavy atom. The van der Waals surface area contributed by atoms with Crippen molar-refractivity contribution >= 4 is 16.9 Å². The minimum atomic E-state index is -0.333. The molecule has 1 N–H and O–H groups in total. The summed E-state index contributed by atoms with van der Waals surface area (Å²) in [5.74, 6) is -0.230. The average molecular weight is 275 g/mol. The topological polar surface area (TPSA) is 56.1 Å². The van der Waals surface area contributed by atoms with Crippen LogP contribution in [0, 0.1) is 0 Å². The number of fused-ring (bicyclic) bond motifs is 1. The lowest BCUT2D eigenvalue weighted by molar-refractivity contribution is -0.145. The van der Waals surface area contributed by atoms with E-state index in [0.29, 0.717) is 13.2 Å². The SMILES string of the molecule is CCOC(=O)C(C)NCc1nn(CC)c2ccccc12. The third kappa shape index (κ3) is 2.99. The number of hydrogen-bond acceptors (Lipinski definition) is 4. The number of rotatable bonds is 6. The highest BCUT2D eigenvalue weighted by molar-refractivity contribution is 5.82. The second-order valence-corrected chi connectivity index (χ2v) is 4.63. The smallest absolute Gasteiger partial charge is 0.322 e. The molecular weight excluding hydrogens is 254 g/mol. The summed E-state index contributed by atoms with van der Waals surface area (Å²) in [5, 5.41) is 8.87. The van der Waals surface area contributed by atoms with Crippen LogP contribution in [-0.2, 0) is 22.6 Å². The Balaban J connectivity index is 2.12. The first-order chi connectivity index (χ1) is 9.67. The number of ether oxygens (including phenoxy) is 1. The molecule has 5 nitrogen and oxygen atoms in total. The summed E-state index contributed by atoms with van der Waals surface area (Å²) in [7, 11) is 0. The third-order valence-corrected chi connectivity index (χ3v) is 3.25. The molecule has 2 rings (SSSR count). The molecule has 1 unspecified atom stereocenters. The zero-order valence-electron chi connectivity index (χ0n) is 12.2. The van der Waals surface area contributed by atoms with E-state index >= 15 is 0 Å². The van der Waals surface area contributed by atoms with Crippen LogP contribution in [0.25, 0.3) is 10.9 Å². The lowest BCUT2D eigenvalue weighted by Crippen LogP contribution is -2.35. The lowest BCUT2D eigenvalue weighted by atomic mass is 10.2. The van der Waals surface area contributed by atoms with Crippen LogP contribution in [0.2, 0.25) is 0 Å². The highest BCUT2D eigenvalue weighted by Gasteiger charge is 2.15. The molecule has 0 radical (unpaired) electrons. The Kier molecular flexibility index (Phi) is 4.74. The molecule has 0 aliphatic carbocycles. The van der Waals surface area contributed by atoms with Crippen molar-refractivity contribution < 1.29 is 9.53 Å². The van der Waals surface area contributed by atoms with Gasteiger partial charge in [0.2, 0.25) is 0 Å². The number of benzene rings is 1. The fourth-order valence-corrected chi connectivity index (χ4v) is 2.17. The summed E-state index contributed by atoms with van der Waals surface area (Å²) in [6.45, 7) is 7.45. The second kappa shape index (κ2) is 6.52. The van der Waals surface area contributed by atoms with E-state index in [-0.39, 0.29) is 12.0 Å². The molecule has 2 aromatic rings. The van der Waals surface area contributed by atoms with Crippen molar-refractivity contribution in [3.05, 3.63) is 30.0 Å². The second-order valence-electron chi connectivity index (χ2n) is 4.63. The highest BCUT2D eigenvalue weighted by atomic mass is 16.5. The van der Waals surface area contributed by atoms with Crippen molar-refractivity contribution in [1.29, 1.82) is 0 Å². The molecule has 1 aromatic carbocycles. The van der Waals surface area contributed by atoms with Crippen LogP contribution in [0.3, 0.4) is 0 Å². The Hall–Kier alpha value is -1.88. The molecule has 0 aliphatic heterocycles. The zero-order valence-corrected chi connectivity index (χ0v) is 12.2. The van der Waals surface area contributed by atoms with Crippen LogP contribution < -0.4 is 5.32 Å². The van der Waals surface area contributed by atoms with Gasteiger partial charge in [-0.1, -0.05) is 18.2 Å². The van der Waals surface area contributed by atoms with Gasteiger partial charge in [-0.3, -0.25) is 14.8 Å². The van der Waals surface area contributed by atoms with Gasteiger partial charge in [-0.2, -0.15) is 5.10 Å². The molecule has 0 aliphatic rings. The monoisotopic (exact) mass is 275 g/mol. The Morgan fingerprint density at radius 1 is 1.40 bits per heavy atom. The summed E-state index contributed by atoms with van der Waals surface area (Å²) < 4.78 is 6.95. The van der Waals surface area contributed by atoms with Crippen molar-refractivity contribution in [3.63, 3.8) is 0 Å². The van der Waals surface area contributed by atoms with Crippen LogP contribution in [-0.4, -0.2) is 28.4 Å². The molecule has 108 valence electrons. The van der Waals surface area contributed by atoms with Gasteiger partial charge in [-0.25, -0.2) is 0 Å². The number of carbonyl (C=O) groups is 1. The molecule has 5 heteroatoms. The van der Waals surface area contributed by atoms with Gasteiger partial charge in [-0.05, 0) is 26.8 Å². The molecule has 0 fully saturated rings. The van der Waals surface area contributed by atoms with E-state index in [1.165, 1.54) is 0 Å². The Labute approximate surface area is 118 Å². The maximum atomic E-state index is 11.6. The quantitative estimate of drug-likeness (QED) is 0.820. The molecule has 20 heavy (non-hydrogen) atoms. The lowest BCUT2D eigenvalue weighted by Gasteiger charge is -2.11. The van der Waals surface area contributed by atoms with Gasteiger partial charge in [0, 0.05) is 18.5 Å². The maximum absolute atomic E-state index is 11.6. The van der Waals surface area contributed by atoms with Crippen molar-refractivity contribution in [2.45, 2.75) is 39.9 Å². The molecule has 0 bridgehead atoms. The minimum absolute atomic E-state index is 0.230. The van der Waals surface area contributed by atoms with Crippen LogP contribution in [0.15, 0.2) is 24.3 Å². The van der Waals surface area contributed by atoms with Gasteiger partial charge in [0.25, 0.3) is 0 Å². The standard InChI is InChI=1S/C15H21N3O2/c1-4-18-14-9-7-6-8-12(14)13(17-18)10-16-11(3)15(19)20-5-2/h6-9,11,16H,4-5,10H2,1-3H3. The molecule has 1 aromatic heterocycles. The van der Waals surface area contributed by atoms with E-state index in [1.807, 2.05) is 16.8 Å². The minimum Gasteiger partial charge on any atom is -0.465 e. The fraction of sp³-hybridized carbons (Fsp3) is 0.467. The first-order valence-corrected chi connectivity index (χ1v) is 7.01. The third-order valence-electron chi connectivity index (χ3n) is 3.25. The first kappa shape index (κ1) is 14.5. The molecule has 0 amide bonds. The summed E-state index contributed by atoms with van der Waals surface area (Å²) in [4.78, 5) is 11.6. The van der Waals surface area contributed by atoms with Gasteiger partial charge < -0.3 is 4.74 Å². The normalized spacial score (nSPS) is 12.6. The van der Waals surface area contributed by atoms with Crippen LogP contribution >= 0.6 is 0 Å². The molecule has 0 saturated heterocycles. The number of para-hydroxylation sites is 1. The summed E-state index contributed by atoms with van der Waals surface area (Å²) >= 11 is 0. The molecule has 0 spiro atoms. The van der Waals surface area contributed by atoms with E-state index in [9.17, 15) is 4.79 Å². The fourth-order valence-electron chi connectivity index (χ4n) is 2.17. The molecule has 0 saturated carbocycles. The van der Waals surface area contributed by atoms with Crippen molar-refractivity contribution in [3.8, 4) is 0 Å². The van der Waals surface area contributed by atoms with Crippen LogP contribution in [0.4, 0.5) is 0 Å². The summed E-state index contributed by atoms with van der Waals surface area (Å²) in [6, 6.07) is 7.79. The highest BCUT2D eigenvalue weighted by Crippen LogP contribution is 2.18. The van der Waals surface area contributed by atoms with Crippen molar-refractivity contribution in [1.82, 2.24) is 15.1 Å². The van der Waals surface area contributed by atoms with Crippen molar-refractivity contribution in [2.75, 3.05) is 6.61 Å². The zero-order chi connectivity index (χ0) is 14.5. The summed E-state index contributed by atoms with van der Waals surface area (Å²) in [6.07, 6.45) is 0. The Morgan fingerprint density at radius 3 is 2.85 bits per heavy atom. The van der Waals surface area contributed by atoms with E-state index in [4.69, 9.17) is 4.74 Å². The Bertz CT molecular complexity index is 592. The summed E-state index contributed by atoms with van der Waals surface area (Å²) in [5.41, 5.74) is 2.08. The van der Waals surface area contributed by atoms with Crippen LogP contribution in [0.1, 0.15) is 26.5 Å². The van der Waals surface area contributed by atoms with E-state index in [1.54, 1.807) is 13.8 Å². The number of aromatic nitrogens is 2. The predicted octanol–water partition coefficient (Wildman–Crippen LogP) is 2.10. The number of carbonyl (C=O) groups excluding carboxylic acids is 1. The van der Waals surface area contributed by atoms with Gasteiger partial charge in [-0.15, -0.1) is 0 Å². The van der Waals surface area contributed by atoms with E-state index in [2.05, 4.69) is 29.5 Å². The number of hydrogen-bond donors (Lipinski definition) is 1. The van der Waals surface area contributed by atoms with E-state index < -0.39 is 0 Å².